The predicted molar refractivity (Wildman–Crippen MR) is 73.5 cm³/mol. The molecule has 2 aliphatic heterocycles. The van der Waals surface area contributed by atoms with Crippen molar-refractivity contribution < 1.29 is 4.74 Å². The van der Waals surface area contributed by atoms with Crippen LogP contribution in [0, 0.1) is 5.41 Å². The van der Waals surface area contributed by atoms with Crippen LogP contribution < -0.4 is 5.73 Å². The SMILES string of the molecule is CC1OCCC1(CN)N1CCC2(CCCC2)CC1. The van der Waals surface area contributed by atoms with E-state index < -0.39 is 0 Å². The summed E-state index contributed by atoms with van der Waals surface area (Å²) in [6, 6.07) is 0. The van der Waals surface area contributed by atoms with Gasteiger partial charge in [0.2, 0.25) is 0 Å². The van der Waals surface area contributed by atoms with E-state index in [0.29, 0.717) is 11.5 Å². The first-order valence-electron chi connectivity index (χ1n) is 7.78. The van der Waals surface area contributed by atoms with Gasteiger partial charge in [-0.3, -0.25) is 4.90 Å². The number of likely N-dealkylation sites (tertiary alicyclic amines) is 1. The zero-order chi connectivity index (χ0) is 12.6. The lowest BCUT2D eigenvalue weighted by Crippen LogP contribution is -2.60. The van der Waals surface area contributed by atoms with Gasteiger partial charge in [0, 0.05) is 13.2 Å². The van der Waals surface area contributed by atoms with Crippen LogP contribution in [0.5, 0.6) is 0 Å². The molecule has 104 valence electrons. The Bertz CT molecular complexity index is 291. The van der Waals surface area contributed by atoms with E-state index in [1.165, 1.54) is 51.6 Å². The van der Waals surface area contributed by atoms with E-state index in [0.717, 1.165) is 19.6 Å². The fraction of sp³-hybridized carbons (Fsp3) is 1.00. The molecular weight excluding hydrogens is 224 g/mol. The van der Waals surface area contributed by atoms with Crippen LogP contribution in [0.4, 0.5) is 0 Å². The summed E-state index contributed by atoms with van der Waals surface area (Å²) in [6.45, 7) is 6.33. The van der Waals surface area contributed by atoms with Crippen molar-refractivity contribution in [3.63, 3.8) is 0 Å². The van der Waals surface area contributed by atoms with Crippen LogP contribution in [0.1, 0.15) is 51.9 Å². The molecule has 1 spiro atoms. The maximum Gasteiger partial charge on any atom is 0.0743 e. The van der Waals surface area contributed by atoms with Gasteiger partial charge in [0.05, 0.1) is 11.6 Å². The molecule has 3 aliphatic rings. The molecule has 2 unspecified atom stereocenters. The lowest BCUT2D eigenvalue weighted by Gasteiger charge is -2.49. The number of hydrogen-bond donors (Lipinski definition) is 1. The molecule has 0 aromatic rings. The lowest BCUT2D eigenvalue weighted by atomic mass is 9.75. The Morgan fingerprint density at radius 1 is 1.11 bits per heavy atom. The second kappa shape index (κ2) is 4.77. The second-order valence-electron chi connectivity index (χ2n) is 6.76. The third kappa shape index (κ3) is 1.91. The molecule has 0 amide bonds. The van der Waals surface area contributed by atoms with Crippen molar-refractivity contribution in [2.75, 3.05) is 26.2 Å². The molecular formula is C15H28N2O. The molecule has 0 aromatic carbocycles. The Labute approximate surface area is 111 Å². The molecule has 3 heteroatoms. The van der Waals surface area contributed by atoms with Crippen molar-refractivity contribution >= 4 is 0 Å². The Morgan fingerprint density at radius 3 is 2.28 bits per heavy atom. The van der Waals surface area contributed by atoms with Crippen LogP contribution in [0.15, 0.2) is 0 Å². The van der Waals surface area contributed by atoms with Gasteiger partial charge in [0.25, 0.3) is 0 Å². The average Bonchev–Trinajstić information content (AvgIpc) is 2.99. The first-order valence-corrected chi connectivity index (χ1v) is 7.78. The van der Waals surface area contributed by atoms with Crippen LogP contribution >= 0.6 is 0 Å². The van der Waals surface area contributed by atoms with Crippen molar-refractivity contribution in [1.82, 2.24) is 4.90 Å². The molecule has 1 saturated carbocycles. The van der Waals surface area contributed by atoms with E-state index in [1.54, 1.807) is 0 Å². The number of ether oxygens (including phenoxy) is 1. The molecule has 0 bridgehead atoms. The van der Waals surface area contributed by atoms with Crippen molar-refractivity contribution in [3.05, 3.63) is 0 Å². The summed E-state index contributed by atoms with van der Waals surface area (Å²) in [7, 11) is 0. The summed E-state index contributed by atoms with van der Waals surface area (Å²) in [4.78, 5) is 2.66. The molecule has 18 heavy (non-hydrogen) atoms. The lowest BCUT2D eigenvalue weighted by molar-refractivity contribution is -0.0200. The number of piperidine rings is 1. The predicted octanol–water partition coefficient (Wildman–Crippen LogP) is 2.15. The molecule has 2 saturated heterocycles. The zero-order valence-electron chi connectivity index (χ0n) is 11.8. The highest BCUT2D eigenvalue weighted by molar-refractivity contribution is 5.03. The fourth-order valence-corrected chi connectivity index (χ4v) is 4.63. The highest BCUT2D eigenvalue weighted by Gasteiger charge is 2.48. The van der Waals surface area contributed by atoms with Crippen molar-refractivity contribution in [3.8, 4) is 0 Å². The summed E-state index contributed by atoms with van der Waals surface area (Å²) in [5, 5.41) is 0. The van der Waals surface area contributed by atoms with Crippen molar-refractivity contribution in [1.29, 1.82) is 0 Å². The van der Waals surface area contributed by atoms with Gasteiger partial charge in [-0.25, -0.2) is 0 Å². The highest BCUT2D eigenvalue weighted by Crippen LogP contribution is 2.48. The minimum absolute atomic E-state index is 0.139. The van der Waals surface area contributed by atoms with Gasteiger partial charge in [-0.05, 0) is 57.5 Å². The van der Waals surface area contributed by atoms with E-state index in [9.17, 15) is 0 Å². The summed E-state index contributed by atoms with van der Waals surface area (Å²) in [5.74, 6) is 0. The number of nitrogens with two attached hydrogens (primary N) is 1. The Kier molecular flexibility index (Phi) is 3.41. The first-order chi connectivity index (χ1) is 8.71. The minimum atomic E-state index is 0.139. The smallest absolute Gasteiger partial charge is 0.0743 e. The Morgan fingerprint density at radius 2 is 1.78 bits per heavy atom. The average molecular weight is 252 g/mol. The first kappa shape index (κ1) is 12.9. The standard InChI is InChI=1S/C15H28N2O/c1-13-15(12-16,8-11-18-13)17-9-6-14(7-10-17)4-2-3-5-14/h13H,2-12,16H2,1H3. The van der Waals surface area contributed by atoms with Gasteiger partial charge in [0.15, 0.2) is 0 Å². The molecule has 3 rings (SSSR count). The molecule has 2 N–H and O–H groups in total. The fourth-order valence-electron chi connectivity index (χ4n) is 4.63. The van der Waals surface area contributed by atoms with Gasteiger partial charge < -0.3 is 10.5 Å². The summed E-state index contributed by atoms with van der Waals surface area (Å²) < 4.78 is 5.81. The van der Waals surface area contributed by atoms with Crippen LogP contribution in [-0.4, -0.2) is 42.8 Å². The highest BCUT2D eigenvalue weighted by atomic mass is 16.5. The van der Waals surface area contributed by atoms with Crippen LogP contribution in [0.25, 0.3) is 0 Å². The maximum atomic E-state index is 6.11. The minimum Gasteiger partial charge on any atom is -0.376 e. The molecule has 2 heterocycles. The van der Waals surface area contributed by atoms with E-state index in [2.05, 4.69) is 11.8 Å². The molecule has 1 aliphatic carbocycles. The molecule has 0 radical (unpaired) electrons. The summed E-state index contributed by atoms with van der Waals surface area (Å²) >= 11 is 0. The van der Waals surface area contributed by atoms with Crippen molar-refractivity contribution in [2.45, 2.75) is 63.5 Å². The normalized spacial score (nSPS) is 40.7. The van der Waals surface area contributed by atoms with Gasteiger partial charge in [-0.1, -0.05) is 12.8 Å². The number of rotatable bonds is 2. The van der Waals surface area contributed by atoms with E-state index in [4.69, 9.17) is 10.5 Å². The zero-order valence-corrected chi connectivity index (χ0v) is 11.8. The van der Waals surface area contributed by atoms with Gasteiger partial charge in [-0.2, -0.15) is 0 Å². The third-order valence-corrected chi connectivity index (χ3v) is 6.13. The van der Waals surface area contributed by atoms with Crippen LogP contribution in [0.2, 0.25) is 0 Å². The Hall–Kier alpha value is -0.120. The summed E-state index contributed by atoms with van der Waals surface area (Å²) in [5.41, 5.74) is 6.96. The van der Waals surface area contributed by atoms with E-state index in [-0.39, 0.29) is 5.54 Å². The van der Waals surface area contributed by atoms with Gasteiger partial charge in [-0.15, -0.1) is 0 Å². The number of hydrogen-bond acceptors (Lipinski definition) is 3. The largest absolute Gasteiger partial charge is 0.376 e. The third-order valence-electron chi connectivity index (χ3n) is 6.13. The van der Waals surface area contributed by atoms with Crippen LogP contribution in [-0.2, 0) is 4.74 Å². The Balaban J connectivity index is 1.68. The van der Waals surface area contributed by atoms with Crippen molar-refractivity contribution in [2.24, 2.45) is 11.1 Å². The summed E-state index contributed by atoms with van der Waals surface area (Å²) in [6.07, 6.45) is 10.1. The van der Waals surface area contributed by atoms with Crippen LogP contribution in [0.3, 0.4) is 0 Å². The maximum absolute atomic E-state index is 6.11. The second-order valence-corrected chi connectivity index (χ2v) is 6.76. The topological polar surface area (TPSA) is 38.5 Å². The monoisotopic (exact) mass is 252 g/mol. The van der Waals surface area contributed by atoms with E-state index in [1.807, 2.05) is 0 Å². The quantitative estimate of drug-likeness (QED) is 0.818. The number of nitrogens with zero attached hydrogens (tertiary/aromatic N) is 1. The van der Waals surface area contributed by atoms with Gasteiger partial charge >= 0.3 is 0 Å². The van der Waals surface area contributed by atoms with E-state index >= 15 is 0 Å². The molecule has 2 atom stereocenters. The molecule has 3 fully saturated rings. The molecule has 3 nitrogen and oxygen atoms in total. The molecule has 0 aromatic heterocycles. The van der Waals surface area contributed by atoms with Gasteiger partial charge in [0.1, 0.15) is 0 Å².